The van der Waals surface area contributed by atoms with Crippen LogP contribution in [0.15, 0.2) is 48.5 Å². The molecule has 0 bridgehead atoms. The smallest absolute Gasteiger partial charge is 0.227 e. The predicted octanol–water partition coefficient (Wildman–Crippen LogP) is 2.72. The molecular weight excluding hydrogens is 323 g/mol. The zero-order valence-corrected chi connectivity index (χ0v) is 13.8. The number of ether oxygens (including phenoxy) is 2. The maximum atomic E-state index is 13.2. The Morgan fingerprint density at radius 2 is 2.16 bits per heavy atom. The summed E-state index contributed by atoms with van der Waals surface area (Å²) in [5.41, 5.74) is 1.59. The number of carbonyl (C=O) groups is 1. The zero-order chi connectivity index (χ0) is 17.5. The number of hydrogen-bond acceptors (Lipinski definition) is 4. The Kier molecular flexibility index (Phi) is 5.98. The largest absolute Gasteiger partial charge is 0.489 e. The summed E-state index contributed by atoms with van der Waals surface area (Å²) in [6, 6.07) is 13.4. The molecule has 0 spiro atoms. The molecule has 1 atom stereocenters. The molecule has 0 aliphatic carbocycles. The van der Waals surface area contributed by atoms with Gasteiger partial charge >= 0.3 is 0 Å². The van der Waals surface area contributed by atoms with Crippen LogP contribution in [0.25, 0.3) is 0 Å². The highest BCUT2D eigenvalue weighted by Gasteiger charge is 2.17. The van der Waals surface area contributed by atoms with Crippen LogP contribution >= 0.6 is 0 Å². The summed E-state index contributed by atoms with van der Waals surface area (Å²) in [6.07, 6.45) is 0.227. The van der Waals surface area contributed by atoms with Crippen LogP contribution in [0.4, 0.5) is 10.1 Å². The van der Waals surface area contributed by atoms with E-state index in [1.165, 1.54) is 12.1 Å². The second-order valence-electron chi connectivity index (χ2n) is 5.90. The van der Waals surface area contributed by atoms with Gasteiger partial charge in [0.2, 0.25) is 5.91 Å². The topological polar surface area (TPSA) is 59.6 Å². The lowest BCUT2D eigenvalue weighted by molar-refractivity contribution is -0.119. The SMILES string of the molecule is O=C(C[C@H]1CNCCO1)Nc1cccc(COc2cccc(F)c2)c1. The third-order valence-electron chi connectivity index (χ3n) is 3.83. The first-order valence-corrected chi connectivity index (χ1v) is 8.28. The van der Waals surface area contributed by atoms with Crippen LogP contribution in [0.2, 0.25) is 0 Å². The van der Waals surface area contributed by atoms with Crippen molar-refractivity contribution < 1.29 is 18.7 Å². The molecule has 1 amide bonds. The highest BCUT2D eigenvalue weighted by molar-refractivity contribution is 5.91. The van der Waals surface area contributed by atoms with E-state index >= 15 is 0 Å². The first kappa shape index (κ1) is 17.4. The second-order valence-corrected chi connectivity index (χ2v) is 5.90. The molecule has 25 heavy (non-hydrogen) atoms. The van der Waals surface area contributed by atoms with Crippen molar-refractivity contribution in [3.63, 3.8) is 0 Å². The van der Waals surface area contributed by atoms with Gasteiger partial charge in [-0.05, 0) is 29.8 Å². The number of anilines is 1. The maximum absolute atomic E-state index is 13.2. The van der Waals surface area contributed by atoms with Gasteiger partial charge in [-0.1, -0.05) is 18.2 Å². The van der Waals surface area contributed by atoms with Crippen LogP contribution in [-0.2, 0) is 16.1 Å². The van der Waals surface area contributed by atoms with E-state index in [9.17, 15) is 9.18 Å². The molecule has 1 aliphatic heterocycles. The summed E-state index contributed by atoms with van der Waals surface area (Å²) in [6.45, 7) is 2.44. The molecule has 0 saturated carbocycles. The summed E-state index contributed by atoms with van der Waals surface area (Å²) in [7, 11) is 0. The number of benzene rings is 2. The van der Waals surface area contributed by atoms with Gasteiger partial charge in [-0.3, -0.25) is 4.79 Å². The van der Waals surface area contributed by atoms with E-state index in [0.29, 0.717) is 37.6 Å². The summed E-state index contributed by atoms with van der Waals surface area (Å²) < 4.78 is 24.3. The van der Waals surface area contributed by atoms with Crippen LogP contribution in [0.1, 0.15) is 12.0 Å². The second kappa shape index (κ2) is 8.60. The molecule has 132 valence electrons. The van der Waals surface area contributed by atoms with Crippen molar-refractivity contribution in [2.45, 2.75) is 19.1 Å². The maximum Gasteiger partial charge on any atom is 0.227 e. The van der Waals surface area contributed by atoms with Crippen LogP contribution in [-0.4, -0.2) is 31.7 Å². The minimum Gasteiger partial charge on any atom is -0.489 e. The molecule has 3 rings (SSSR count). The lowest BCUT2D eigenvalue weighted by Crippen LogP contribution is -2.40. The van der Waals surface area contributed by atoms with E-state index in [0.717, 1.165) is 12.1 Å². The molecule has 2 N–H and O–H groups in total. The molecular formula is C19H21FN2O3. The number of rotatable bonds is 6. The number of halogens is 1. The van der Waals surface area contributed by atoms with Crippen molar-refractivity contribution >= 4 is 11.6 Å². The van der Waals surface area contributed by atoms with Gasteiger partial charge in [0.05, 0.1) is 19.1 Å². The van der Waals surface area contributed by atoms with E-state index in [1.54, 1.807) is 12.1 Å². The minimum atomic E-state index is -0.335. The number of nitrogens with one attached hydrogen (secondary N) is 2. The third-order valence-corrected chi connectivity index (χ3v) is 3.83. The van der Waals surface area contributed by atoms with Gasteiger partial charge in [0.1, 0.15) is 18.2 Å². The molecule has 1 saturated heterocycles. The van der Waals surface area contributed by atoms with Gasteiger partial charge < -0.3 is 20.1 Å². The van der Waals surface area contributed by atoms with E-state index < -0.39 is 0 Å². The minimum absolute atomic E-state index is 0.0862. The van der Waals surface area contributed by atoms with Crippen molar-refractivity contribution in [1.82, 2.24) is 5.32 Å². The summed E-state index contributed by atoms with van der Waals surface area (Å²) >= 11 is 0. The first-order chi connectivity index (χ1) is 12.2. The Hall–Kier alpha value is -2.44. The Morgan fingerprint density at radius 1 is 1.28 bits per heavy atom. The predicted molar refractivity (Wildman–Crippen MR) is 93.0 cm³/mol. The van der Waals surface area contributed by atoms with Crippen molar-refractivity contribution in [2.24, 2.45) is 0 Å². The molecule has 1 aliphatic rings. The number of hydrogen-bond donors (Lipinski definition) is 2. The van der Waals surface area contributed by atoms with Crippen molar-refractivity contribution in [3.05, 3.63) is 59.9 Å². The highest BCUT2D eigenvalue weighted by atomic mass is 19.1. The molecule has 1 heterocycles. The summed E-state index contributed by atoms with van der Waals surface area (Å²) in [5.74, 6) is 0.0474. The molecule has 2 aromatic carbocycles. The quantitative estimate of drug-likeness (QED) is 0.846. The van der Waals surface area contributed by atoms with Crippen molar-refractivity contribution in [1.29, 1.82) is 0 Å². The Morgan fingerprint density at radius 3 is 2.96 bits per heavy atom. The van der Waals surface area contributed by atoms with Gasteiger partial charge in [0, 0.05) is 24.8 Å². The van der Waals surface area contributed by atoms with Gasteiger partial charge in [0.25, 0.3) is 0 Å². The molecule has 0 unspecified atom stereocenters. The first-order valence-electron chi connectivity index (χ1n) is 8.28. The fraction of sp³-hybridized carbons (Fsp3) is 0.316. The van der Waals surface area contributed by atoms with Gasteiger partial charge in [-0.25, -0.2) is 4.39 Å². The van der Waals surface area contributed by atoms with Crippen molar-refractivity contribution in [2.75, 3.05) is 25.0 Å². The lowest BCUT2D eigenvalue weighted by atomic mass is 10.2. The average molecular weight is 344 g/mol. The normalized spacial score (nSPS) is 17.1. The number of amides is 1. The summed E-state index contributed by atoms with van der Waals surface area (Å²) in [5, 5.41) is 6.08. The van der Waals surface area contributed by atoms with E-state index in [2.05, 4.69) is 10.6 Å². The standard InChI is InChI=1S/C19H21FN2O3/c20-15-4-2-6-17(10-15)25-13-14-3-1-5-16(9-14)22-19(23)11-18-12-21-7-8-24-18/h1-6,9-10,18,21H,7-8,11-13H2,(H,22,23)/t18-/m0/s1. The van der Waals surface area contributed by atoms with Gasteiger partial charge in [-0.15, -0.1) is 0 Å². The Bertz CT molecular complexity index is 717. The molecule has 6 heteroatoms. The fourth-order valence-corrected chi connectivity index (χ4v) is 2.63. The Labute approximate surface area is 146 Å². The monoisotopic (exact) mass is 344 g/mol. The average Bonchev–Trinajstić information content (AvgIpc) is 2.61. The van der Waals surface area contributed by atoms with Crippen molar-refractivity contribution in [3.8, 4) is 5.75 Å². The third kappa shape index (κ3) is 5.55. The van der Waals surface area contributed by atoms with Crippen LogP contribution in [0, 0.1) is 5.82 Å². The van der Waals surface area contributed by atoms with Crippen LogP contribution in [0.3, 0.4) is 0 Å². The molecule has 0 radical (unpaired) electrons. The van der Waals surface area contributed by atoms with E-state index in [4.69, 9.17) is 9.47 Å². The van der Waals surface area contributed by atoms with Gasteiger partial charge in [-0.2, -0.15) is 0 Å². The molecule has 5 nitrogen and oxygen atoms in total. The van der Waals surface area contributed by atoms with Gasteiger partial charge in [0.15, 0.2) is 0 Å². The number of carbonyl (C=O) groups excluding carboxylic acids is 1. The van der Waals surface area contributed by atoms with Crippen LogP contribution in [0.5, 0.6) is 5.75 Å². The zero-order valence-electron chi connectivity index (χ0n) is 13.8. The summed E-state index contributed by atoms with van der Waals surface area (Å²) in [4.78, 5) is 12.1. The lowest BCUT2D eigenvalue weighted by Gasteiger charge is -2.23. The van der Waals surface area contributed by atoms with E-state index in [1.807, 2.05) is 24.3 Å². The molecule has 1 fully saturated rings. The Balaban J connectivity index is 1.52. The number of morpholine rings is 1. The fourth-order valence-electron chi connectivity index (χ4n) is 2.63. The van der Waals surface area contributed by atoms with Crippen LogP contribution < -0.4 is 15.4 Å². The molecule has 2 aromatic rings. The molecule has 0 aromatic heterocycles. The van der Waals surface area contributed by atoms with E-state index in [-0.39, 0.29) is 17.8 Å². The highest BCUT2D eigenvalue weighted by Crippen LogP contribution is 2.17.